The highest BCUT2D eigenvalue weighted by Gasteiger charge is 2.22. The fourth-order valence-corrected chi connectivity index (χ4v) is 2.53. The zero-order chi connectivity index (χ0) is 15.1. The van der Waals surface area contributed by atoms with Gasteiger partial charge in [-0.2, -0.15) is 0 Å². The van der Waals surface area contributed by atoms with Gasteiger partial charge in [0.2, 0.25) is 0 Å². The largest absolute Gasteiger partial charge is 0.496 e. The molecule has 0 aromatic heterocycles. The molecule has 0 radical (unpaired) electrons. The van der Waals surface area contributed by atoms with Gasteiger partial charge in [0.05, 0.1) is 7.11 Å². The van der Waals surface area contributed by atoms with Crippen LogP contribution >= 0.6 is 11.8 Å². The van der Waals surface area contributed by atoms with E-state index in [0.717, 1.165) is 22.6 Å². The van der Waals surface area contributed by atoms with Crippen molar-refractivity contribution in [1.29, 1.82) is 0 Å². The van der Waals surface area contributed by atoms with E-state index in [-0.39, 0.29) is 5.92 Å². The Morgan fingerprint density at radius 3 is 2.70 bits per heavy atom. The van der Waals surface area contributed by atoms with Crippen molar-refractivity contribution < 1.29 is 14.6 Å². The first kappa shape index (κ1) is 16.9. The number of rotatable bonds is 8. The topological polar surface area (TPSA) is 58.6 Å². The second-order valence-electron chi connectivity index (χ2n) is 4.77. The van der Waals surface area contributed by atoms with Crippen molar-refractivity contribution in [2.24, 2.45) is 5.92 Å². The van der Waals surface area contributed by atoms with Crippen LogP contribution in [0.5, 0.6) is 5.75 Å². The molecule has 0 bridgehead atoms. The number of carboxylic acids is 1. The van der Waals surface area contributed by atoms with Gasteiger partial charge in [0.25, 0.3) is 0 Å². The number of hydrogen-bond donors (Lipinski definition) is 2. The molecule has 0 spiro atoms. The molecule has 0 aliphatic rings. The summed E-state index contributed by atoms with van der Waals surface area (Å²) in [7, 11) is 1.64. The summed E-state index contributed by atoms with van der Waals surface area (Å²) in [6.45, 7) is 4.47. The Bertz CT molecular complexity index is 451. The van der Waals surface area contributed by atoms with E-state index in [1.807, 2.05) is 38.3 Å². The molecule has 5 heteroatoms. The van der Waals surface area contributed by atoms with Crippen LogP contribution in [0.2, 0.25) is 0 Å². The van der Waals surface area contributed by atoms with E-state index in [9.17, 15) is 9.90 Å². The third-order valence-corrected chi connectivity index (χ3v) is 4.23. The molecule has 4 nitrogen and oxygen atoms in total. The molecule has 112 valence electrons. The van der Waals surface area contributed by atoms with Crippen LogP contribution in [0.15, 0.2) is 23.1 Å². The van der Waals surface area contributed by atoms with Crippen LogP contribution in [0.3, 0.4) is 0 Å². The molecule has 20 heavy (non-hydrogen) atoms. The van der Waals surface area contributed by atoms with Crippen LogP contribution < -0.4 is 10.1 Å². The van der Waals surface area contributed by atoms with Gasteiger partial charge in [-0.3, -0.25) is 4.79 Å². The molecule has 0 amide bonds. The molecule has 1 rings (SSSR count). The summed E-state index contributed by atoms with van der Waals surface area (Å²) in [5, 5.41) is 12.4. The molecule has 1 aromatic rings. The predicted molar refractivity (Wildman–Crippen MR) is 82.5 cm³/mol. The molecule has 0 fully saturated rings. The van der Waals surface area contributed by atoms with Gasteiger partial charge in [-0.15, -0.1) is 11.8 Å². The maximum absolute atomic E-state index is 11.3. The summed E-state index contributed by atoms with van der Waals surface area (Å²) < 4.78 is 5.33. The highest BCUT2D eigenvalue weighted by atomic mass is 32.2. The highest BCUT2D eigenvalue weighted by Crippen LogP contribution is 2.28. The normalized spacial score (nSPS) is 13.8. The minimum absolute atomic E-state index is 0.0971. The lowest BCUT2D eigenvalue weighted by Gasteiger charge is -2.20. The van der Waals surface area contributed by atoms with E-state index in [2.05, 4.69) is 5.32 Å². The molecule has 2 N–H and O–H groups in total. The highest BCUT2D eigenvalue weighted by molar-refractivity contribution is 7.98. The number of carboxylic acid groups (broad SMARTS) is 1. The van der Waals surface area contributed by atoms with Crippen LogP contribution in [0.4, 0.5) is 0 Å². The van der Waals surface area contributed by atoms with Crippen LogP contribution in [-0.4, -0.2) is 30.5 Å². The van der Waals surface area contributed by atoms with Crippen LogP contribution in [0.1, 0.15) is 25.8 Å². The minimum atomic E-state index is -0.799. The van der Waals surface area contributed by atoms with Crippen LogP contribution in [-0.2, 0) is 11.3 Å². The lowest BCUT2D eigenvalue weighted by Crippen LogP contribution is -2.41. The van der Waals surface area contributed by atoms with Gasteiger partial charge in [-0.25, -0.2) is 0 Å². The quantitative estimate of drug-likeness (QED) is 0.722. The van der Waals surface area contributed by atoms with E-state index < -0.39 is 12.0 Å². The summed E-state index contributed by atoms with van der Waals surface area (Å²) in [4.78, 5) is 12.3. The zero-order valence-corrected chi connectivity index (χ0v) is 13.3. The van der Waals surface area contributed by atoms with Crippen molar-refractivity contribution in [3.05, 3.63) is 23.8 Å². The first-order valence-corrected chi connectivity index (χ1v) is 7.93. The van der Waals surface area contributed by atoms with Crippen molar-refractivity contribution >= 4 is 17.7 Å². The number of benzene rings is 1. The standard InChI is InChI=1S/C15H23NO3S/c1-5-10(2)14(15(17)18)16-9-11-6-7-13(20-4)12(8-11)19-3/h6-8,10,14,16H,5,9H2,1-4H3,(H,17,18)/t10-,14-/m0/s1. The molecule has 1 aromatic carbocycles. The van der Waals surface area contributed by atoms with E-state index in [1.165, 1.54) is 0 Å². The van der Waals surface area contributed by atoms with Gasteiger partial charge < -0.3 is 15.2 Å². The molecule has 2 atom stereocenters. The van der Waals surface area contributed by atoms with E-state index in [4.69, 9.17) is 4.74 Å². The van der Waals surface area contributed by atoms with Crippen molar-refractivity contribution in [2.45, 2.75) is 37.8 Å². The van der Waals surface area contributed by atoms with Gasteiger partial charge in [0.1, 0.15) is 11.8 Å². The van der Waals surface area contributed by atoms with Gasteiger partial charge in [0, 0.05) is 11.4 Å². The van der Waals surface area contributed by atoms with Gasteiger partial charge >= 0.3 is 5.97 Å². The smallest absolute Gasteiger partial charge is 0.320 e. The van der Waals surface area contributed by atoms with Crippen molar-refractivity contribution in [3.8, 4) is 5.75 Å². The van der Waals surface area contributed by atoms with Gasteiger partial charge in [0.15, 0.2) is 0 Å². The number of hydrogen-bond acceptors (Lipinski definition) is 4. The van der Waals surface area contributed by atoms with Crippen molar-refractivity contribution in [1.82, 2.24) is 5.32 Å². The molecule has 0 saturated carbocycles. The molecular formula is C15H23NO3S. The van der Waals surface area contributed by atoms with Crippen LogP contribution in [0.25, 0.3) is 0 Å². The fourth-order valence-electron chi connectivity index (χ4n) is 1.99. The predicted octanol–water partition coefficient (Wildman–Crippen LogP) is 3.01. The maximum Gasteiger partial charge on any atom is 0.320 e. The van der Waals surface area contributed by atoms with Gasteiger partial charge in [-0.1, -0.05) is 26.3 Å². The van der Waals surface area contributed by atoms with E-state index in [1.54, 1.807) is 18.9 Å². The average molecular weight is 297 g/mol. The molecular weight excluding hydrogens is 274 g/mol. The van der Waals surface area contributed by atoms with Gasteiger partial charge in [-0.05, 0) is 29.9 Å². The molecule has 0 heterocycles. The first-order valence-electron chi connectivity index (χ1n) is 6.70. The fraction of sp³-hybridized carbons (Fsp3) is 0.533. The Labute approximate surface area is 124 Å². The van der Waals surface area contributed by atoms with E-state index in [0.29, 0.717) is 6.54 Å². The molecule has 0 aliphatic heterocycles. The SMILES string of the molecule is CC[C@H](C)[C@H](NCc1ccc(SC)c(OC)c1)C(=O)O. The average Bonchev–Trinajstić information content (AvgIpc) is 2.46. The molecule has 0 saturated heterocycles. The summed E-state index contributed by atoms with van der Waals surface area (Å²) in [5.74, 6) is 0.124. The van der Waals surface area contributed by atoms with Crippen molar-refractivity contribution in [2.75, 3.05) is 13.4 Å². The summed E-state index contributed by atoms with van der Waals surface area (Å²) in [6.07, 6.45) is 2.83. The Kier molecular flexibility index (Phi) is 6.88. The third kappa shape index (κ3) is 4.42. The number of carbonyl (C=O) groups is 1. The Morgan fingerprint density at radius 2 is 2.20 bits per heavy atom. The third-order valence-electron chi connectivity index (χ3n) is 3.45. The Balaban J connectivity index is 2.75. The number of nitrogens with one attached hydrogen (secondary N) is 1. The van der Waals surface area contributed by atoms with Crippen molar-refractivity contribution in [3.63, 3.8) is 0 Å². The summed E-state index contributed by atoms with van der Waals surface area (Å²) in [6, 6.07) is 5.43. The Hall–Kier alpha value is -1.20. The Morgan fingerprint density at radius 1 is 1.50 bits per heavy atom. The second kappa shape index (κ2) is 8.17. The minimum Gasteiger partial charge on any atom is -0.496 e. The first-order chi connectivity index (χ1) is 9.53. The van der Waals surface area contributed by atoms with E-state index >= 15 is 0 Å². The zero-order valence-electron chi connectivity index (χ0n) is 12.5. The second-order valence-corrected chi connectivity index (χ2v) is 5.62. The van der Waals surface area contributed by atoms with Crippen LogP contribution in [0, 0.1) is 5.92 Å². The number of aliphatic carboxylic acids is 1. The monoisotopic (exact) mass is 297 g/mol. The number of ether oxygens (including phenoxy) is 1. The summed E-state index contributed by atoms with van der Waals surface area (Å²) >= 11 is 1.63. The maximum atomic E-state index is 11.3. The number of thioether (sulfide) groups is 1. The molecule has 0 aliphatic carbocycles. The molecule has 0 unspecified atom stereocenters. The lowest BCUT2D eigenvalue weighted by molar-refractivity contribution is -0.140. The lowest BCUT2D eigenvalue weighted by atomic mass is 9.99. The number of methoxy groups -OCH3 is 1. The summed E-state index contributed by atoms with van der Waals surface area (Å²) in [5.41, 5.74) is 1.02.